The molecule has 0 spiro atoms. The lowest BCUT2D eigenvalue weighted by molar-refractivity contribution is -0.137. The van der Waals surface area contributed by atoms with Gasteiger partial charge in [0.1, 0.15) is 46.6 Å². The van der Waals surface area contributed by atoms with Crippen LogP contribution in [-0.2, 0) is 6.18 Å². The van der Waals surface area contributed by atoms with Crippen molar-refractivity contribution in [3.8, 4) is 74.1 Å². The Morgan fingerprint density at radius 1 is 0.390 bits per heavy atom. The third-order valence-corrected chi connectivity index (χ3v) is 13.6. The summed E-state index contributed by atoms with van der Waals surface area (Å²) in [6.07, 6.45) is -4.75. The Labute approximate surface area is 438 Å². The van der Waals surface area contributed by atoms with Crippen molar-refractivity contribution in [3.63, 3.8) is 0 Å². The SMILES string of the molecule is Cc1nc(C)nc(-c2ccc3c(c2)c2cc(-c4nc(C)nc(C)n4)ccc2n3-c2cc(C#N)c(-c3c(C)cccc3C(F)(F)F)cc2-n2c3ccc(-c4nc(C)nc(C)n4)cc3c3cc(-c4nc(C)nc(C)n4)ccc32)n1. The van der Waals surface area contributed by atoms with Crippen LogP contribution >= 0.6 is 0 Å². The van der Waals surface area contributed by atoms with E-state index in [1.54, 1.807) is 25.1 Å². The number of aromatic nitrogens is 14. The van der Waals surface area contributed by atoms with Crippen molar-refractivity contribution in [1.29, 1.82) is 5.26 Å². The van der Waals surface area contributed by atoms with Gasteiger partial charge in [0.25, 0.3) is 0 Å². The lowest BCUT2D eigenvalue weighted by Gasteiger charge is -2.22. The van der Waals surface area contributed by atoms with Crippen LogP contribution in [0.25, 0.3) is 112 Å². The second kappa shape index (κ2) is 18.0. The highest BCUT2D eigenvalue weighted by Crippen LogP contribution is 2.46. The van der Waals surface area contributed by atoms with Crippen LogP contribution in [0, 0.1) is 73.6 Å². The summed E-state index contributed by atoms with van der Waals surface area (Å²) in [5.41, 5.74) is 6.28. The number of rotatable bonds is 7. The molecule has 0 amide bonds. The molecule has 6 aromatic heterocycles. The quantitative estimate of drug-likeness (QED) is 0.147. The van der Waals surface area contributed by atoms with E-state index < -0.39 is 11.7 Å². The lowest BCUT2D eigenvalue weighted by atomic mass is 9.90. The minimum Gasteiger partial charge on any atom is -0.307 e. The third-order valence-electron chi connectivity index (χ3n) is 13.6. The van der Waals surface area contributed by atoms with Crippen LogP contribution in [0.4, 0.5) is 13.2 Å². The summed E-state index contributed by atoms with van der Waals surface area (Å²) < 4.78 is 50.0. The number of benzene rings is 6. The average Bonchev–Trinajstić information content (AvgIpc) is 4.14. The number of alkyl halides is 3. The minimum absolute atomic E-state index is 0.0329. The summed E-state index contributed by atoms with van der Waals surface area (Å²) in [5.74, 6) is 6.44. The molecule has 12 aromatic rings. The van der Waals surface area contributed by atoms with E-state index in [1.807, 2.05) is 133 Å². The molecule has 0 radical (unpaired) electrons. The Bertz CT molecular complexity index is 4230. The van der Waals surface area contributed by atoms with Gasteiger partial charge >= 0.3 is 6.18 Å². The van der Waals surface area contributed by atoms with Gasteiger partial charge in [-0.25, -0.2) is 59.8 Å². The average molecular weight is 1020 g/mol. The van der Waals surface area contributed by atoms with E-state index in [0.717, 1.165) is 60.9 Å². The number of hydrogen-bond acceptors (Lipinski definition) is 13. The molecule has 15 nitrogen and oxygen atoms in total. The summed E-state index contributed by atoms with van der Waals surface area (Å²) in [7, 11) is 0. The minimum atomic E-state index is -4.75. The van der Waals surface area contributed by atoms with Crippen molar-refractivity contribution in [3.05, 3.63) is 166 Å². The number of aryl methyl sites for hydroxylation is 9. The molecule has 0 aliphatic heterocycles. The Hall–Kier alpha value is -9.76. The molecule has 0 bridgehead atoms. The summed E-state index contributed by atoms with van der Waals surface area (Å²) in [6.45, 7) is 16.2. The van der Waals surface area contributed by atoms with Crippen molar-refractivity contribution < 1.29 is 13.2 Å². The molecule has 6 heterocycles. The van der Waals surface area contributed by atoms with E-state index in [-0.39, 0.29) is 16.7 Å². The Kier molecular flexibility index (Phi) is 11.3. The molecule has 0 saturated carbocycles. The van der Waals surface area contributed by atoms with E-state index in [0.29, 0.717) is 97.9 Å². The van der Waals surface area contributed by atoms with Gasteiger partial charge in [-0.15, -0.1) is 0 Å². The van der Waals surface area contributed by atoms with Gasteiger partial charge < -0.3 is 9.13 Å². The largest absolute Gasteiger partial charge is 0.417 e. The molecule has 77 heavy (non-hydrogen) atoms. The van der Waals surface area contributed by atoms with Gasteiger partial charge in [0.05, 0.1) is 50.6 Å². The molecule has 6 aromatic carbocycles. The normalized spacial score (nSPS) is 11.9. The van der Waals surface area contributed by atoms with Crippen LogP contribution in [0.2, 0.25) is 0 Å². The summed E-state index contributed by atoms with van der Waals surface area (Å²) >= 11 is 0. The maximum atomic E-state index is 15.3. The van der Waals surface area contributed by atoms with Crippen molar-refractivity contribution in [2.24, 2.45) is 0 Å². The smallest absolute Gasteiger partial charge is 0.307 e. The van der Waals surface area contributed by atoms with Gasteiger partial charge in [0.15, 0.2) is 23.3 Å². The molecule has 0 aliphatic rings. The molecule has 0 atom stereocenters. The number of hydrogen-bond donors (Lipinski definition) is 0. The second-order valence-corrected chi connectivity index (χ2v) is 19.1. The lowest BCUT2D eigenvalue weighted by Crippen LogP contribution is -2.10. The zero-order valence-corrected chi connectivity index (χ0v) is 43.2. The molecule has 0 N–H and O–H groups in total. The first-order valence-electron chi connectivity index (χ1n) is 24.6. The van der Waals surface area contributed by atoms with Crippen LogP contribution in [0.5, 0.6) is 0 Å². The molecule has 12 rings (SSSR count). The Morgan fingerprint density at radius 3 is 1.00 bits per heavy atom. The number of nitrogens with zero attached hydrogens (tertiary/aromatic N) is 15. The highest BCUT2D eigenvalue weighted by Gasteiger charge is 2.35. The Morgan fingerprint density at radius 2 is 0.701 bits per heavy atom. The predicted octanol–water partition coefficient (Wildman–Crippen LogP) is 12.6. The first-order valence-corrected chi connectivity index (χ1v) is 24.6. The molecular weight excluding hydrogens is 976 g/mol. The fraction of sp³-hybridized carbons (Fsp3) is 0.169. The van der Waals surface area contributed by atoms with E-state index in [1.165, 1.54) is 6.07 Å². The standard InChI is InChI=1S/C59H44F3N15/c1-28-11-10-12-47(59(60,61)62)54(28)42-26-53(77-50-19-15-39(57-72-33(6)66-34(7)73-57)23-45(50)46-24-40(16-20-51(46)77)58-74-35(8)67-36(9)75-58)52(25-41(42)27-63)76-48-17-13-37(55-68-29(2)64-30(3)69-55)21-43(48)44-22-38(14-18-49(44)76)56-70-31(4)65-32(5)71-56/h10-26H,1-9H3. The van der Waals surface area contributed by atoms with Gasteiger partial charge in [0.2, 0.25) is 0 Å². The molecular formula is C59H44F3N15. The number of nitriles is 1. The van der Waals surface area contributed by atoms with E-state index in [2.05, 4.69) is 30.6 Å². The zero-order chi connectivity index (χ0) is 53.8. The van der Waals surface area contributed by atoms with Crippen LogP contribution in [-0.4, -0.2) is 68.9 Å². The number of halogens is 3. The van der Waals surface area contributed by atoms with Crippen molar-refractivity contribution in [2.45, 2.75) is 68.5 Å². The Balaban J connectivity index is 1.23. The molecule has 0 saturated heterocycles. The maximum Gasteiger partial charge on any atom is 0.417 e. The van der Waals surface area contributed by atoms with Crippen molar-refractivity contribution in [2.75, 3.05) is 0 Å². The van der Waals surface area contributed by atoms with Gasteiger partial charge in [-0.1, -0.05) is 12.1 Å². The second-order valence-electron chi connectivity index (χ2n) is 19.1. The van der Waals surface area contributed by atoms with Crippen LogP contribution in [0.15, 0.2) is 103 Å². The third kappa shape index (κ3) is 8.41. The van der Waals surface area contributed by atoms with E-state index >= 15 is 13.2 Å². The zero-order valence-electron chi connectivity index (χ0n) is 43.2. The molecule has 376 valence electrons. The molecule has 18 heteroatoms. The van der Waals surface area contributed by atoms with Gasteiger partial charge in [-0.3, -0.25) is 0 Å². The van der Waals surface area contributed by atoms with Crippen molar-refractivity contribution >= 4 is 43.6 Å². The maximum absolute atomic E-state index is 15.3. The topological polar surface area (TPSA) is 188 Å². The van der Waals surface area contributed by atoms with E-state index in [4.69, 9.17) is 39.9 Å². The number of fused-ring (bicyclic) bond motifs is 6. The van der Waals surface area contributed by atoms with Crippen molar-refractivity contribution in [1.82, 2.24) is 68.9 Å². The first-order chi connectivity index (χ1) is 36.9. The van der Waals surface area contributed by atoms with Gasteiger partial charge in [-0.05, 0) is 164 Å². The highest BCUT2D eigenvalue weighted by atomic mass is 19.4. The summed E-state index contributed by atoms with van der Waals surface area (Å²) in [4.78, 5) is 55.4. The van der Waals surface area contributed by atoms with Crippen LogP contribution < -0.4 is 0 Å². The van der Waals surface area contributed by atoms with Gasteiger partial charge in [0, 0.05) is 49.4 Å². The van der Waals surface area contributed by atoms with Crippen LogP contribution in [0.1, 0.15) is 63.3 Å². The highest BCUT2D eigenvalue weighted by molar-refractivity contribution is 6.14. The fourth-order valence-corrected chi connectivity index (χ4v) is 10.6. The van der Waals surface area contributed by atoms with Gasteiger partial charge in [-0.2, -0.15) is 18.4 Å². The monoisotopic (exact) mass is 1020 g/mol. The molecule has 0 fully saturated rings. The fourth-order valence-electron chi connectivity index (χ4n) is 10.6. The molecule has 0 unspecified atom stereocenters. The molecule has 0 aliphatic carbocycles. The summed E-state index contributed by atoms with van der Waals surface area (Å²) in [5, 5.41) is 14.4. The first kappa shape index (κ1) is 48.2. The van der Waals surface area contributed by atoms with Crippen LogP contribution in [0.3, 0.4) is 0 Å². The summed E-state index contributed by atoms with van der Waals surface area (Å²) in [6, 6.07) is 33.5. The predicted molar refractivity (Wildman–Crippen MR) is 288 cm³/mol. The van der Waals surface area contributed by atoms with E-state index in [9.17, 15) is 5.26 Å².